The fourth-order valence-corrected chi connectivity index (χ4v) is 2.99. The summed E-state index contributed by atoms with van der Waals surface area (Å²) in [6.45, 7) is 2.62. The van der Waals surface area contributed by atoms with E-state index in [1.165, 1.54) is 7.11 Å². The Morgan fingerprint density at radius 1 is 1.19 bits per heavy atom. The van der Waals surface area contributed by atoms with Crippen molar-refractivity contribution in [3.63, 3.8) is 0 Å². The molecular formula is C21H20N2O4. The third-order valence-corrected chi connectivity index (χ3v) is 4.37. The first-order valence-corrected chi connectivity index (χ1v) is 8.69. The van der Waals surface area contributed by atoms with E-state index in [1.807, 2.05) is 36.1 Å². The van der Waals surface area contributed by atoms with Crippen LogP contribution in [0.1, 0.15) is 24.0 Å². The summed E-state index contributed by atoms with van der Waals surface area (Å²) in [6, 6.07) is 12.3. The van der Waals surface area contributed by atoms with Crippen LogP contribution in [-0.4, -0.2) is 36.6 Å². The van der Waals surface area contributed by atoms with Gasteiger partial charge in [0, 0.05) is 24.1 Å². The van der Waals surface area contributed by atoms with Gasteiger partial charge in [-0.3, -0.25) is 0 Å². The lowest BCUT2D eigenvalue weighted by Crippen LogP contribution is -2.37. The standard InChI is InChI=1S/C21H20N2O4/c1-15-7-3-4-8-16(15)12-13-20(24)27-19-11-5-10-18(22-19)23-14-6-9-17(23)21(25)26-2/h3-5,7-8,10-11,17H,6,9,14H2,1-2H3. The van der Waals surface area contributed by atoms with Crippen molar-refractivity contribution in [2.45, 2.75) is 25.8 Å². The zero-order chi connectivity index (χ0) is 19.2. The number of aryl methyl sites for hydroxylation is 1. The fraction of sp³-hybridized carbons (Fsp3) is 0.286. The minimum absolute atomic E-state index is 0.145. The summed E-state index contributed by atoms with van der Waals surface area (Å²) in [6.07, 6.45) is 1.58. The maximum Gasteiger partial charge on any atom is 0.391 e. The lowest BCUT2D eigenvalue weighted by Gasteiger charge is -2.23. The topological polar surface area (TPSA) is 68.7 Å². The number of esters is 2. The number of hydrogen-bond donors (Lipinski definition) is 0. The zero-order valence-electron chi connectivity index (χ0n) is 15.3. The summed E-state index contributed by atoms with van der Waals surface area (Å²) < 4.78 is 10.1. The van der Waals surface area contributed by atoms with Gasteiger partial charge in [-0.05, 0) is 37.5 Å². The Labute approximate surface area is 158 Å². The third kappa shape index (κ3) is 4.45. The van der Waals surface area contributed by atoms with Crippen molar-refractivity contribution in [2.24, 2.45) is 0 Å². The van der Waals surface area contributed by atoms with Gasteiger partial charge in [0.15, 0.2) is 0 Å². The lowest BCUT2D eigenvalue weighted by atomic mass is 10.1. The lowest BCUT2D eigenvalue weighted by molar-refractivity contribution is -0.142. The Morgan fingerprint density at radius 2 is 2.00 bits per heavy atom. The maximum absolute atomic E-state index is 12.0. The van der Waals surface area contributed by atoms with Gasteiger partial charge in [0.25, 0.3) is 0 Å². The van der Waals surface area contributed by atoms with Crippen LogP contribution in [0.15, 0.2) is 42.5 Å². The predicted octanol–water partition coefficient (Wildman–Crippen LogP) is 2.49. The van der Waals surface area contributed by atoms with Gasteiger partial charge in [0.1, 0.15) is 11.9 Å². The first-order chi connectivity index (χ1) is 13.1. The smallest absolute Gasteiger partial charge is 0.391 e. The van der Waals surface area contributed by atoms with E-state index in [4.69, 9.17) is 9.47 Å². The average Bonchev–Trinajstić information content (AvgIpc) is 3.17. The number of aromatic nitrogens is 1. The molecule has 0 bridgehead atoms. The highest BCUT2D eigenvalue weighted by atomic mass is 16.5. The Kier molecular flexibility index (Phi) is 5.72. The van der Waals surface area contributed by atoms with Crippen molar-refractivity contribution < 1.29 is 19.1 Å². The number of carbonyl (C=O) groups is 2. The van der Waals surface area contributed by atoms with Crippen LogP contribution in [0, 0.1) is 18.8 Å². The fourth-order valence-electron chi connectivity index (χ4n) is 2.99. The Bertz CT molecular complexity index is 914. The summed E-state index contributed by atoms with van der Waals surface area (Å²) in [5.41, 5.74) is 1.76. The van der Waals surface area contributed by atoms with Crippen molar-refractivity contribution in [1.29, 1.82) is 0 Å². The molecular weight excluding hydrogens is 344 g/mol. The number of pyridine rings is 1. The van der Waals surface area contributed by atoms with Crippen LogP contribution in [0.4, 0.5) is 5.82 Å². The molecule has 0 radical (unpaired) electrons. The Morgan fingerprint density at radius 3 is 2.78 bits per heavy atom. The first kappa shape index (κ1) is 18.5. The van der Waals surface area contributed by atoms with Crippen LogP contribution in [-0.2, 0) is 14.3 Å². The molecule has 1 aromatic carbocycles. The summed E-state index contributed by atoms with van der Waals surface area (Å²) in [5.74, 6) is 5.02. The second-order valence-corrected chi connectivity index (χ2v) is 6.16. The monoisotopic (exact) mass is 364 g/mol. The number of rotatable bonds is 3. The number of nitrogens with zero attached hydrogens (tertiary/aromatic N) is 2. The van der Waals surface area contributed by atoms with Crippen molar-refractivity contribution >= 4 is 17.8 Å². The average molecular weight is 364 g/mol. The predicted molar refractivity (Wildman–Crippen MR) is 100 cm³/mol. The molecule has 0 aliphatic carbocycles. The van der Waals surface area contributed by atoms with E-state index in [0.717, 1.165) is 17.5 Å². The van der Waals surface area contributed by atoms with Gasteiger partial charge in [-0.2, -0.15) is 4.98 Å². The second kappa shape index (κ2) is 8.37. The summed E-state index contributed by atoms with van der Waals surface area (Å²) in [7, 11) is 1.37. The maximum atomic E-state index is 12.0. The van der Waals surface area contributed by atoms with Gasteiger partial charge >= 0.3 is 11.9 Å². The molecule has 27 heavy (non-hydrogen) atoms. The molecule has 6 heteroatoms. The van der Waals surface area contributed by atoms with Gasteiger partial charge in [-0.25, -0.2) is 9.59 Å². The van der Waals surface area contributed by atoms with Crippen LogP contribution < -0.4 is 9.64 Å². The number of anilines is 1. The van der Waals surface area contributed by atoms with Gasteiger partial charge < -0.3 is 14.4 Å². The number of benzene rings is 1. The van der Waals surface area contributed by atoms with E-state index in [2.05, 4.69) is 16.8 Å². The molecule has 0 saturated carbocycles. The van der Waals surface area contributed by atoms with Gasteiger partial charge in [0.05, 0.1) is 7.11 Å². The normalized spacial score (nSPS) is 15.6. The van der Waals surface area contributed by atoms with E-state index < -0.39 is 5.97 Å². The van der Waals surface area contributed by atoms with Crippen LogP contribution in [0.3, 0.4) is 0 Å². The van der Waals surface area contributed by atoms with Crippen LogP contribution in [0.5, 0.6) is 5.88 Å². The van der Waals surface area contributed by atoms with Gasteiger partial charge in [-0.15, -0.1) is 0 Å². The summed E-state index contributed by atoms with van der Waals surface area (Å²) in [4.78, 5) is 30.1. The molecule has 2 aromatic rings. The van der Waals surface area contributed by atoms with Crippen molar-refractivity contribution in [1.82, 2.24) is 4.98 Å². The van der Waals surface area contributed by atoms with E-state index >= 15 is 0 Å². The largest absolute Gasteiger partial charge is 0.467 e. The van der Waals surface area contributed by atoms with Gasteiger partial charge in [-0.1, -0.05) is 30.2 Å². The zero-order valence-corrected chi connectivity index (χ0v) is 15.3. The minimum Gasteiger partial charge on any atom is -0.467 e. The molecule has 1 aliphatic heterocycles. The van der Waals surface area contributed by atoms with E-state index in [1.54, 1.807) is 18.2 Å². The highest BCUT2D eigenvalue weighted by Crippen LogP contribution is 2.26. The molecule has 0 spiro atoms. The molecule has 1 unspecified atom stereocenters. The quantitative estimate of drug-likeness (QED) is 0.616. The molecule has 0 amide bonds. The van der Waals surface area contributed by atoms with Gasteiger partial charge in [0.2, 0.25) is 5.88 Å². The van der Waals surface area contributed by atoms with Crippen LogP contribution in [0.2, 0.25) is 0 Å². The molecule has 1 aliphatic rings. The van der Waals surface area contributed by atoms with Crippen molar-refractivity contribution in [3.8, 4) is 17.7 Å². The highest BCUT2D eigenvalue weighted by molar-refractivity contribution is 5.90. The molecule has 0 N–H and O–H groups in total. The van der Waals surface area contributed by atoms with Crippen LogP contribution >= 0.6 is 0 Å². The molecule has 1 saturated heterocycles. The molecule has 2 heterocycles. The molecule has 6 nitrogen and oxygen atoms in total. The molecule has 138 valence electrons. The molecule has 1 aromatic heterocycles. The van der Waals surface area contributed by atoms with E-state index in [-0.39, 0.29) is 17.9 Å². The number of hydrogen-bond acceptors (Lipinski definition) is 6. The Balaban J connectivity index is 1.72. The molecule has 1 atom stereocenters. The molecule has 1 fully saturated rings. The first-order valence-electron chi connectivity index (χ1n) is 8.69. The summed E-state index contributed by atoms with van der Waals surface area (Å²) in [5, 5.41) is 0. The molecule has 3 rings (SSSR count). The number of carbonyl (C=O) groups excluding carboxylic acids is 2. The minimum atomic E-state index is -0.686. The summed E-state index contributed by atoms with van der Waals surface area (Å²) >= 11 is 0. The third-order valence-electron chi connectivity index (χ3n) is 4.37. The number of ether oxygens (including phenoxy) is 2. The van der Waals surface area contributed by atoms with Crippen molar-refractivity contribution in [3.05, 3.63) is 53.6 Å². The highest BCUT2D eigenvalue weighted by Gasteiger charge is 2.32. The van der Waals surface area contributed by atoms with Crippen LogP contribution in [0.25, 0.3) is 0 Å². The van der Waals surface area contributed by atoms with E-state index in [9.17, 15) is 9.59 Å². The van der Waals surface area contributed by atoms with Crippen molar-refractivity contribution in [2.75, 3.05) is 18.6 Å². The number of methoxy groups -OCH3 is 1. The second-order valence-electron chi connectivity index (χ2n) is 6.16. The van der Waals surface area contributed by atoms with E-state index in [0.29, 0.717) is 18.8 Å². The SMILES string of the molecule is COC(=O)C1CCCN1c1cccc(OC(=O)C#Cc2ccccc2C)n1. The Hall–Kier alpha value is -3.33.